The van der Waals surface area contributed by atoms with E-state index in [0.717, 1.165) is 16.0 Å². The average Bonchev–Trinajstić information content (AvgIpc) is 2.90. The number of fused-ring (bicyclic) bond motifs is 1. The SMILES string of the molecule is CCOc1ccc(CCNC(=O)c2ccc3c(c2)N(C)C(=O)C(=Cc2ccccc2Cl)S3)cc1OCC. The molecule has 3 aromatic rings. The van der Waals surface area contributed by atoms with Gasteiger partial charge in [0.1, 0.15) is 0 Å². The van der Waals surface area contributed by atoms with Crippen LogP contribution >= 0.6 is 23.4 Å². The molecule has 1 aliphatic rings. The van der Waals surface area contributed by atoms with Crippen molar-refractivity contribution in [2.75, 3.05) is 31.7 Å². The van der Waals surface area contributed by atoms with E-state index >= 15 is 0 Å². The third-order valence-corrected chi connectivity index (χ3v) is 7.24. The molecule has 0 atom stereocenters. The summed E-state index contributed by atoms with van der Waals surface area (Å²) in [6.45, 7) is 5.44. The van der Waals surface area contributed by atoms with Crippen molar-refractivity contribution in [3.8, 4) is 11.5 Å². The smallest absolute Gasteiger partial charge is 0.264 e. The topological polar surface area (TPSA) is 67.9 Å². The number of carbonyl (C=O) groups is 2. The molecule has 37 heavy (non-hydrogen) atoms. The van der Waals surface area contributed by atoms with Crippen LogP contribution in [0.4, 0.5) is 5.69 Å². The molecule has 1 N–H and O–H groups in total. The van der Waals surface area contributed by atoms with Crippen molar-refractivity contribution in [3.05, 3.63) is 87.3 Å². The summed E-state index contributed by atoms with van der Waals surface area (Å²) in [7, 11) is 1.71. The molecule has 0 aliphatic carbocycles. The van der Waals surface area contributed by atoms with Crippen LogP contribution < -0.4 is 19.7 Å². The molecule has 0 fully saturated rings. The minimum atomic E-state index is -0.193. The Morgan fingerprint density at radius 2 is 1.78 bits per heavy atom. The van der Waals surface area contributed by atoms with Crippen LogP contribution in [0.25, 0.3) is 6.08 Å². The van der Waals surface area contributed by atoms with Gasteiger partial charge in [-0.1, -0.05) is 47.6 Å². The molecule has 6 nitrogen and oxygen atoms in total. The second-order valence-electron chi connectivity index (χ2n) is 8.33. The van der Waals surface area contributed by atoms with Crippen molar-refractivity contribution in [2.24, 2.45) is 0 Å². The Kier molecular flexibility index (Phi) is 8.79. The number of likely N-dealkylation sites (N-methyl/N-ethyl adjacent to an activating group) is 1. The van der Waals surface area contributed by atoms with Crippen molar-refractivity contribution in [2.45, 2.75) is 25.2 Å². The minimum Gasteiger partial charge on any atom is -0.490 e. The highest BCUT2D eigenvalue weighted by Gasteiger charge is 2.27. The fraction of sp³-hybridized carbons (Fsp3) is 0.241. The highest BCUT2D eigenvalue weighted by atomic mass is 35.5. The molecule has 2 amide bonds. The Hall–Kier alpha value is -3.42. The second kappa shape index (κ2) is 12.2. The largest absolute Gasteiger partial charge is 0.490 e. The summed E-state index contributed by atoms with van der Waals surface area (Å²) in [5.41, 5.74) is 3.03. The van der Waals surface area contributed by atoms with E-state index in [1.54, 1.807) is 36.2 Å². The molecule has 0 spiro atoms. The summed E-state index contributed by atoms with van der Waals surface area (Å²) in [6.07, 6.45) is 2.45. The van der Waals surface area contributed by atoms with Gasteiger partial charge in [-0.2, -0.15) is 0 Å². The number of anilines is 1. The summed E-state index contributed by atoms with van der Waals surface area (Å²) in [6, 6.07) is 18.6. The number of halogens is 1. The summed E-state index contributed by atoms with van der Waals surface area (Å²) < 4.78 is 11.3. The van der Waals surface area contributed by atoms with Crippen molar-refractivity contribution in [3.63, 3.8) is 0 Å². The van der Waals surface area contributed by atoms with Gasteiger partial charge in [0, 0.05) is 29.1 Å². The monoisotopic (exact) mass is 536 g/mol. The maximum absolute atomic E-state index is 13.0. The van der Waals surface area contributed by atoms with E-state index in [9.17, 15) is 9.59 Å². The van der Waals surface area contributed by atoms with E-state index in [4.69, 9.17) is 21.1 Å². The fourth-order valence-electron chi connectivity index (χ4n) is 3.94. The molecule has 1 heterocycles. The lowest BCUT2D eigenvalue weighted by Gasteiger charge is -2.27. The maximum Gasteiger partial charge on any atom is 0.264 e. The number of nitrogens with zero attached hydrogens (tertiary/aromatic N) is 1. The van der Waals surface area contributed by atoms with E-state index in [-0.39, 0.29) is 11.8 Å². The summed E-state index contributed by atoms with van der Waals surface area (Å²) in [4.78, 5) is 28.9. The molecule has 192 valence electrons. The average molecular weight is 537 g/mol. The Morgan fingerprint density at radius 3 is 2.54 bits per heavy atom. The third kappa shape index (κ3) is 6.29. The van der Waals surface area contributed by atoms with Crippen molar-refractivity contribution in [1.29, 1.82) is 0 Å². The lowest BCUT2D eigenvalue weighted by Crippen LogP contribution is -2.31. The van der Waals surface area contributed by atoms with Crippen LogP contribution in [0.1, 0.15) is 35.3 Å². The van der Waals surface area contributed by atoms with Crippen LogP contribution in [0.5, 0.6) is 11.5 Å². The molecule has 0 saturated heterocycles. The molecular weight excluding hydrogens is 508 g/mol. The summed E-state index contributed by atoms with van der Waals surface area (Å²) in [5, 5.41) is 3.56. The molecule has 0 bridgehead atoms. The number of rotatable bonds is 9. The summed E-state index contributed by atoms with van der Waals surface area (Å²) >= 11 is 7.65. The first-order valence-corrected chi connectivity index (χ1v) is 13.3. The first-order valence-electron chi connectivity index (χ1n) is 12.1. The van der Waals surface area contributed by atoms with Gasteiger partial charge in [-0.05, 0) is 73.9 Å². The first kappa shape index (κ1) is 26.6. The molecule has 0 radical (unpaired) electrons. The third-order valence-electron chi connectivity index (χ3n) is 5.82. The quantitative estimate of drug-likeness (QED) is 0.329. The summed E-state index contributed by atoms with van der Waals surface area (Å²) in [5.74, 6) is 1.08. The van der Waals surface area contributed by atoms with Gasteiger partial charge < -0.3 is 19.7 Å². The van der Waals surface area contributed by atoms with E-state index in [0.29, 0.717) is 58.9 Å². The predicted octanol–water partition coefficient (Wildman–Crippen LogP) is 6.22. The number of hydrogen-bond donors (Lipinski definition) is 1. The van der Waals surface area contributed by atoms with Crippen LogP contribution in [-0.4, -0.2) is 38.6 Å². The highest BCUT2D eigenvalue weighted by Crippen LogP contribution is 2.42. The fourth-order valence-corrected chi connectivity index (χ4v) is 5.22. The minimum absolute atomic E-state index is 0.143. The maximum atomic E-state index is 13.0. The molecular formula is C29H29ClN2O4S. The lowest BCUT2D eigenvalue weighted by atomic mass is 10.1. The number of amides is 2. The normalized spacial score (nSPS) is 13.9. The number of benzene rings is 3. The number of ether oxygens (including phenoxy) is 2. The van der Waals surface area contributed by atoms with Crippen LogP contribution in [0.2, 0.25) is 5.02 Å². The van der Waals surface area contributed by atoms with Gasteiger partial charge in [0.15, 0.2) is 11.5 Å². The molecule has 0 saturated carbocycles. The Bertz CT molecular complexity index is 1340. The van der Waals surface area contributed by atoms with Gasteiger partial charge in [0.2, 0.25) is 0 Å². The molecule has 3 aromatic carbocycles. The zero-order chi connectivity index (χ0) is 26.4. The number of nitrogens with one attached hydrogen (secondary N) is 1. The van der Waals surface area contributed by atoms with Crippen LogP contribution in [0.15, 0.2) is 70.5 Å². The molecule has 4 rings (SSSR count). The number of carbonyl (C=O) groups excluding carboxylic acids is 2. The number of thioether (sulfide) groups is 1. The molecule has 1 aliphatic heterocycles. The van der Waals surface area contributed by atoms with E-state index < -0.39 is 0 Å². The number of hydrogen-bond acceptors (Lipinski definition) is 5. The standard InChI is InChI=1S/C29H29ClN2O4S/c1-4-35-24-12-10-19(16-25(24)36-5-2)14-15-31-28(33)21-11-13-26-23(17-21)32(3)29(34)27(37-26)18-20-8-6-7-9-22(20)30/h6-13,16-18H,4-5,14-15H2,1-3H3,(H,31,33). The van der Waals surface area contributed by atoms with Crippen molar-refractivity contribution in [1.82, 2.24) is 5.32 Å². The second-order valence-corrected chi connectivity index (χ2v) is 9.82. The van der Waals surface area contributed by atoms with Gasteiger partial charge in [-0.3, -0.25) is 9.59 Å². The van der Waals surface area contributed by atoms with Crippen LogP contribution in [0.3, 0.4) is 0 Å². The van der Waals surface area contributed by atoms with Crippen LogP contribution in [-0.2, 0) is 11.2 Å². The van der Waals surface area contributed by atoms with Crippen molar-refractivity contribution >= 4 is 46.9 Å². The van der Waals surface area contributed by atoms with Gasteiger partial charge in [0.05, 0.1) is 23.8 Å². The first-order chi connectivity index (χ1) is 17.9. The van der Waals surface area contributed by atoms with Crippen LogP contribution in [0, 0.1) is 0 Å². The highest BCUT2D eigenvalue weighted by molar-refractivity contribution is 8.04. The molecule has 0 unspecified atom stereocenters. The van der Waals surface area contributed by atoms with E-state index in [1.165, 1.54) is 11.8 Å². The van der Waals surface area contributed by atoms with Gasteiger partial charge in [-0.25, -0.2) is 0 Å². The Morgan fingerprint density at radius 1 is 1.03 bits per heavy atom. The van der Waals surface area contributed by atoms with E-state index in [1.807, 2.05) is 56.3 Å². The molecule has 8 heteroatoms. The van der Waals surface area contributed by atoms with Gasteiger partial charge in [-0.15, -0.1) is 0 Å². The molecule has 0 aromatic heterocycles. The zero-order valence-electron chi connectivity index (χ0n) is 21.0. The predicted molar refractivity (Wildman–Crippen MR) is 150 cm³/mol. The van der Waals surface area contributed by atoms with Crippen molar-refractivity contribution < 1.29 is 19.1 Å². The van der Waals surface area contributed by atoms with Gasteiger partial charge >= 0.3 is 0 Å². The zero-order valence-corrected chi connectivity index (χ0v) is 22.6. The van der Waals surface area contributed by atoms with Gasteiger partial charge in [0.25, 0.3) is 11.8 Å². The lowest BCUT2D eigenvalue weighted by molar-refractivity contribution is -0.114. The Balaban J connectivity index is 1.43. The van der Waals surface area contributed by atoms with E-state index in [2.05, 4.69) is 5.32 Å². The Labute approximate surface area is 226 Å².